The van der Waals surface area contributed by atoms with Gasteiger partial charge in [-0.3, -0.25) is 4.79 Å². The number of ether oxygens (including phenoxy) is 1. The molecule has 0 aliphatic carbocycles. The molecule has 3 heterocycles. The van der Waals surface area contributed by atoms with Crippen molar-refractivity contribution in [2.45, 2.75) is 60.1 Å². The summed E-state index contributed by atoms with van der Waals surface area (Å²) in [5.41, 5.74) is 3.22. The summed E-state index contributed by atoms with van der Waals surface area (Å²) in [6, 6.07) is 4.61. The monoisotopic (exact) mass is 470 g/mol. The van der Waals surface area contributed by atoms with Crippen LogP contribution in [0.2, 0.25) is 0 Å². The van der Waals surface area contributed by atoms with Gasteiger partial charge in [0.15, 0.2) is 23.6 Å². The Morgan fingerprint density at radius 3 is 2.56 bits per heavy atom. The number of halogens is 1. The van der Waals surface area contributed by atoms with E-state index in [2.05, 4.69) is 15.0 Å². The van der Waals surface area contributed by atoms with E-state index in [-0.39, 0.29) is 17.5 Å². The first-order chi connectivity index (χ1) is 16.0. The molecule has 0 unspecified atom stereocenters. The van der Waals surface area contributed by atoms with Crippen LogP contribution in [0.25, 0.3) is 11.1 Å². The lowest BCUT2D eigenvalue weighted by atomic mass is 10.0. The zero-order chi connectivity index (χ0) is 25.0. The highest BCUT2D eigenvalue weighted by Gasteiger charge is 2.30. The van der Waals surface area contributed by atoms with Gasteiger partial charge < -0.3 is 24.1 Å². The van der Waals surface area contributed by atoms with Crippen LogP contribution in [0.4, 0.5) is 4.39 Å². The van der Waals surface area contributed by atoms with Crippen molar-refractivity contribution in [3.63, 3.8) is 0 Å². The minimum Gasteiger partial charge on any atom is -0.453 e. The molecule has 9 heteroatoms. The number of rotatable bonds is 4. The van der Waals surface area contributed by atoms with Crippen LogP contribution in [0.5, 0.6) is 0 Å². The number of carbonyl (C=O) groups is 1. The third-order valence-electron chi connectivity index (χ3n) is 5.24. The molecule has 0 atom stereocenters. The van der Waals surface area contributed by atoms with Crippen LogP contribution < -0.4 is 0 Å². The summed E-state index contributed by atoms with van der Waals surface area (Å²) in [5, 5.41) is 10.3. The molecule has 1 aliphatic heterocycles. The number of nitrogens with one attached hydrogen (secondary N) is 1. The number of amides is 1. The smallest absolute Gasteiger partial charge is 0.289 e. The van der Waals surface area contributed by atoms with Gasteiger partial charge in [0.1, 0.15) is 16.9 Å². The second kappa shape index (κ2) is 10.2. The van der Waals surface area contributed by atoms with Crippen LogP contribution >= 0.6 is 0 Å². The maximum atomic E-state index is 13.0. The number of nitrogens with zero attached hydrogens (tertiary/aromatic N) is 3. The fraction of sp³-hybridized carbons (Fsp3) is 0.400. The van der Waals surface area contributed by atoms with E-state index in [1.807, 2.05) is 27.7 Å². The SMILES string of the molecule is CC(C)=C(OC(=C(C)C)C(C)(C)O)C(=O)N1CCc2nc[nH]c2C1.Fc1cccc2ocnc12. The quantitative estimate of drug-likeness (QED) is 0.425. The van der Waals surface area contributed by atoms with Crippen molar-refractivity contribution in [2.75, 3.05) is 6.54 Å². The van der Waals surface area contributed by atoms with Crippen molar-refractivity contribution in [3.05, 3.63) is 70.8 Å². The zero-order valence-corrected chi connectivity index (χ0v) is 20.4. The van der Waals surface area contributed by atoms with E-state index in [1.54, 1.807) is 37.2 Å². The number of aliphatic hydroxyl groups is 1. The number of hydrogen-bond donors (Lipinski definition) is 2. The minimum atomic E-state index is -1.15. The Labute approximate surface area is 198 Å². The highest BCUT2D eigenvalue weighted by Crippen LogP contribution is 2.27. The number of hydrogen-bond acceptors (Lipinski definition) is 6. The standard InChI is InChI=1S/C18H27N3O3.C7H4FNO/c1-11(2)15(24-16(12(3)4)18(5,6)23)17(22)21-8-7-13-14(9-21)20-10-19-13;8-5-2-1-3-6-7(5)9-4-10-6/h10,23H,7-9H2,1-6H3,(H,19,20);1-4H. The maximum absolute atomic E-state index is 13.0. The summed E-state index contributed by atoms with van der Waals surface area (Å²) >= 11 is 0. The van der Waals surface area contributed by atoms with Crippen molar-refractivity contribution in [3.8, 4) is 0 Å². The highest BCUT2D eigenvalue weighted by atomic mass is 19.1. The Hall–Kier alpha value is -3.46. The molecular weight excluding hydrogens is 439 g/mol. The minimum absolute atomic E-state index is 0.168. The summed E-state index contributed by atoms with van der Waals surface area (Å²) in [7, 11) is 0. The first kappa shape index (κ1) is 25.2. The second-order valence-corrected chi connectivity index (χ2v) is 9.06. The number of allylic oxidation sites excluding steroid dienone is 2. The van der Waals surface area contributed by atoms with Gasteiger partial charge in [-0.15, -0.1) is 0 Å². The summed E-state index contributed by atoms with van der Waals surface area (Å²) in [4.78, 5) is 25.7. The van der Waals surface area contributed by atoms with Crippen LogP contribution in [-0.4, -0.2) is 43.0 Å². The lowest BCUT2D eigenvalue weighted by molar-refractivity contribution is -0.131. The molecule has 2 N–H and O–H groups in total. The van der Waals surface area contributed by atoms with Gasteiger partial charge in [-0.1, -0.05) is 6.07 Å². The Morgan fingerprint density at radius 1 is 1.21 bits per heavy atom. The number of carbonyl (C=O) groups excluding carboxylic acids is 1. The van der Waals surface area contributed by atoms with Crippen molar-refractivity contribution in [1.82, 2.24) is 19.9 Å². The predicted molar refractivity (Wildman–Crippen MR) is 126 cm³/mol. The van der Waals surface area contributed by atoms with Gasteiger partial charge in [0, 0.05) is 13.0 Å². The number of H-pyrrole nitrogens is 1. The molecule has 0 bridgehead atoms. The van der Waals surface area contributed by atoms with E-state index in [0.717, 1.165) is 29.0 Å². The number of fused-ring (bicyclic) bond motifs is 2. The first-order valence-electron chi connectivity index (χ1n) is 11.0. The third kappa shape index (κ3) is 5.72. The normalized spacial score (nSPS) is 13.0. The van der Waals surface area contributed by atoms with E-state index >= 15 is 0 Å². The van der Waals surface area contributed by atoms with Gasteiger partial charge in [0.05, 0.1) is 24.3 Å². The van der Waals surface area contributed by atoms with Gasteiger partial charge in [0.2, 0.25) is 0 Å². The molecule has 1 aromatic carbocycles. The summed E-state index contributed by atoms with van der Waals surface area (Å²) in [5.74, 6) is 0.173. The molecule has 1 aliphatic rings. The maximum Gasteiger partial charge on any atom is 0.289 e. The molecule has 3 aromatic rings. The Balaban J connectivity index is 0.000000266. The van der Waals surface area contributed by atoms with Crippen LogP contribution in [-0.2, 0) is 22.5 Å². The van der Waals surface area contributed by atoms with Crippen LogP contribution in [0.3, 0.4) is 0 Å². The fourth-order valence-corrected chi connectivity index (χ4v) is 3.68. The zero-order valence-electron chi connectivity index (χ0n) is 20.4. The summed E-state index contributed by atoms with van der Waals surface area (Å²) in [6.45, 7) is 11.8. The average Bonchev–Trinajstić information content (AvgIpc) is 3.42. The number of benzene rings is 1. The average molecular weight is 471 g/mol. The molecule has 0 fully saturated rings. The fourth-order valence-electron chi connectivity index (χ4n) is 3.68. The summed E-state index contributed by atoms with van der Waals surface area (Å²) < 4.78 is 23.5. The van der Waals surface area contributed by atoms with Crippen LogP contribution in [0.15, 0.2) is 58.0 Å². The molecule has 0 radical (unpaired) electrons. The van der Waals surface area contributed by atoms with Gasteiger partial charge in [-0.25, -0.2) is 14.4 Å². The molecular formula is C25H31FN4O4. The van der Waals surface area contributed by atoms with Crippen LogP contribution in [0.1, 0.15) is 52.9 Å². The first-order valence-corrected chi connectivity index (χ1v) is 11.0. The topological polar surface area (TPSA) is 104 Å². The van der Waals surface area contributed by atoms with Crippen molar-refractivity contribution in [1.29, 1.82) is 0 Å². The Bertz CT molecular complexity index is 1230. The summed E-state index contributed by atoms with van der Waals surface area (Å²) in [6.07, 6.45) is 3.61. The van der Waals surface area contributed by atoms with Crippen molar-refractivity contribution >= 4 is 17.0 Å². The number of aromatic nitrogens is 3. The van der Waals surface area contributed by atoms with E-state index in [0.29, 0.717) is 29.9 Å². The molecule has 182 valence electrons. The predicted octanol–water partition coefficient (Wildman–Crippen LogP) is 4.64. The lowest BCUT2D eigenvalue weighted by Gasteiger charge is -2.30. The highest BCUT2D eigenvalue weighted by molar-refractivity contribution is 5.92. The van der Waals surface area contributed by atoms with Crippen molar-refractivity contribution < 1.29 is 23.4 Å². The third-order valence-corrected chi connectivity index (χ3v) is 5.24. The van der Waals surface area contributed by atoms with Gasteiger partial charge >= 0.3 is 0 Å². The second-order valence-electron chi connectivity index (χ2n) is 9.06. The lowest BCUT2D eigenvalue weighted by Crippen LogP contribution is -2.38. The Kier molecular flexibility index (Phi) is 7.56. The van der Waals surface area contributed by atoms with Gasteiger partial charge in [-0.2, -0.15) is 0 Å². The molecule has 8 nitrogen and oxygen atoms in total. The number of imidazole rings is 1. The molecule has 0 spiro atoms. The Morgan fingerprint density at radius 2 is 1.94 bits per heavy atom. The number of oxazole rings is 1. The number of aromatic amines is 1. The molecule has 4 rings (SSSR count). The van der Waals surface area contributed by atoms with E-state index in [1.165, 1.54) is 12.5 Å². The molecule has 0 saturated carbocycles. The molecule has 2 aromatic heterocycles. The van der Waals surface area contributed by atoms with Crippen molar-refractivity contribution in [2.24, 2.45) is 0 Å². The van der Waals surface area contributed by atoms with Gasteiger partial charge in [-0.05, 0) is 64.8 Å². The molecule has 1 amide bonds. The number of para-hydroxylation sites is 1. The van der Waals surface area contributed by atoms with E-state index in [4.69, 9.17) is 9.15 Å². The van der Waals surface area contributed by atoms with E-state index in [9.17, 15) is 14.3 Å². The van der Waals surface area contributed by atoms with E-state index < -0.39 is 5.60 Å². The molecule has 0 saturated heterocycles. The largest absolute Gasteiger partial charge is 0.453 e. The van der Waals surface area contributed by atoms with Gasteiger partial charge in [0.25, 0.3) is 5.91 Å². The molecule has 34 heavy (non-hydrogen) atoms. The van der Waals surface area contributed by atoms with Crippen LogP contribution in [0, 0.1) is 5.82 Å².